The van der Waals surface area contributed by atoms with Crippen LogP contribution in [-0.4, -0.2) is 28.8 Å². The first-order valence-electron chi connectivity index (χ1n) is 8.35. The number of nitro benzene ring substituents is 1. The van der Waals surface area contributed by atoms with Gasteiger partial charge in [0.05, 0.1) is 10.5 Å². The van der Waals surface area contributed by atoms with Crippen molar-refractivity contribution in [2.75, 3.05) is 13.1 Å². The molecule has 5 heteroatoms. The van der Waals surface area contributed by atoms with E-state index < -0.39 is 4.92 Å². The van der Waals surface area contributed by atoms with Gasteiger partial charge in [-0.05, 0) is 36.8 Å². The minimum absolute atomic E-state index is 0.0301. The number of rotatable bonds is 3. The van der Waals surface area contributed by atoms with Crippen LogP contribution in [0.15, 0.2) is 30.3 Å². The summed E-state index contributed by atoms with van der Waals surface area (Å²) in [7, 11) is 0. The summed E-state index contributed by atoms with van der Waals surface area (Å²) >= 11 is 0. The van der Waals surface area contributed by atoms with Crippen LogP contribution in [0.3, 0.4) is 0 Å². The smallest absolute Gasteiger partial charge is 0.276 e. The fourth-order valence-electron chi connectivity index (χ4n) is 3.86. The zero-order valence-electron chi connectivity index (χ0n) is 13.2. The first-order chi connectivity index (χ1) is 11.1. The summed E-state index contributed by atoms with van der Waals surface area (Å²) in [5.74, 6) is 1.39. The maximum Gasteiger partial charge on any atom is 0.276 e. The van der Waals surface area contributed by atoms with Gasteiger partial charge in [-0.2, -0.15) is 0 Å². The van der Waals surface area contributed by atoms with Crippen molar-refractivity contribution in [1.82, 2.24) is 4.90 Å². The average molecular weight is 314 g/mol. The van der Waals surface area contributed by atoms with E-state index in [4.69, 9.17) is 0 Å². The number of para-hydroxylation sites is 1. The van der Waals surface area contributed by atoms with Gasteiger partial charge in [-0.15, -0.1) is 0 Å². The van der Waals surface area contributed by atoms with Crippen LogP contribution < -0.4 is 0 Å². The fourth-order valence-corrected chi connectivity index (χ4v) is 3.86. The van der Waals surface area contributed by atoms with E-state index in [9.17, 15) is 14.9 Å². The number of amides is 1. The number of carbonyl (C=O) groups excluding carboxylic acids is 1. The number of carbonyl (C=O) groups is 1. The Morgan fingerprint density at radius 1 is 1.17 bits per heavy atom. The summed E-state index contributed by atoms with van der Waals surface area (Å²) in [6.45, 7) is 1.64. The molecule has 1 aliphatic carbocycles. The molecular formula is C18H22N2O3. The molecule has 1 saturated heterocycles. The molecule has 0 radical (unpaired) electrons. The van der Waals surface area contributed by atoms with Gasteiger partial charge in [0.25, 0.3) is 5.69 Å². The second kappa shape index (κ2) is 6.94. The van der Waals surface area contributed by atoms with Crippen molar-refractivity contribution in [3.05, 3.63) is 46.0 Å². The van der Waals surface area contributed by atoms with Crippen LogP contribution in [0.5, 0.6) is 0 Å². The lowest BCUT2D eigenvalue weighted by Crippen LogP contribution is -2.44. The quantitative estimate of drug-likeness (QED) is 0.486. The molecule has 0 N–H and O–H groups in total. The SMILES string of the molecule is O=C(/C=C/c1ccccc1[N+](=O)[O-])N1CC[C@@H]2CCCC[C@@H]2C1. The van der Waals surface area contributed by atoms with E-state index in [0.29, 0.717) is 11.5 Å². The fraction of sp³-hybridized carbons (Fsp3) is 0.500. The summed E-state index contributed by atoms with van der Waals surface area (Å²) in [6.07, 6.45) is 9.26. The van der Waals surface area contributed by atoms with Crippen LogP contribution in [0.25, 0.3) is 6.08 Å². The number of benzene rings is 1. The van der Waals surface area contributed by atoms with Crippen LogP contribution in [0.2, 0.25) is 0 Å². The average Bonchev–Trinajstić information content (AvgIpc) is 2.59. The second-order valence-corrected chi connectivity index (χ2v) is 6.53. The summed E-state index contributed by atoms with van der Waals surface area (Å²) in [4.78, 5) is 24.9. The lowest BCUT2D eigenvalue weighted by molar-refractivity contribution is -0.385. The predicted octanol–water partition coefficient (Wildman–Crippen LogP) is 3.65. The Morgan fingerprint density at radius 2 is 1.91 bits per heavy atom. The lowest BCUT2D eigenvalue weighted by atomic mass is 9.75. The molecule has 1 aliphatic heterocycles. The third-order valence-electron chi connectivity index (χ3n) is 5.14. The van der Waals surface area contributed by atoms with E-state index in [1.54, 1.807) is 24.3 Å². The molecule has 0 spiro atoms. The van der Waals surface area contributed by atoms with Crippen molar-refractivity contribution in [3.8, 4) is 0 Å². The minimum Gasteiger partial charge on any atom is -0.339 e. The summed E-state index contributed by atoms with van der Waals surface area (Å²) < 4.78 is 0. The van der Waals surface area contributed by atoms with Gasteiger partial charge in [0.15, 0.2) is 0 Å². The summed E-state index contributed by atoms with van der Waals surface area (Å²) in [5.41, 5.74) is 0.501. The van der Waals surface area contributed by atoms with E-state index in [-0.39, 0.29) is 11.6 Å². The van der Waals surface area contributed by atoms with Crippen molar-refractivity contribution in [1.29, 1.82) is 0 Å². The number of fused-ring (bicyclic) bond motifs is 1. The van der Waals surface area contributed by atoms with Gasteiger partial charge in [-0.3, -0.25) is 14.9 Å². The van der Waals surface area contributed by atoms with Crippen LogP contribution >= 0.6 is 0 Å². The Hall–Kier alpha value is -2.17. The van der Waals surface area contributed by atoms with Crippen molar-refractivity contribution in [3.63, 3.8) is 0 Å². The van der Waals surface area contributed by atoms with E-state index in [0.717, 1.165) is 25.4 Å². The van der Waals surface area contributed by atoms with Gasteiger partial charge in [0.2, 0.25) is 5.91 Å². The maximum absolute atomic E-state index is 12.4. The van der Waals surface area contributed by atoms with Gasteiger partial charge >= 0.3 is 0 Å². The van der Waals surface area contributed by atoms with Crippen LogP contribution in [0.1, 0.15) is 37.7 Å². The third kappa shape index (κ3) is 3.60. The molecule has 2 atom stereocenters. The monoisotopic (exact) mass is 314 g/mol. The van der Waals surface area contributed by atoms with Crippen molar-refractivity contribution >= 4 is 17.7 Å². The molecule has 1 saturated carbocycles. The Bertz CT molecular complexity index is 626. The zero-order chi connectivity index (χ0) is 16.2. The molecule has 0 aromatic heterocycles. The largest absolute Gasteiger partial charge is 0.339 e. The van der Waals surface area contributed by atoms with Gasteiger partial charge < -0.3 is 4.90 Å². The highest BCUT2D eigenvalue weighted by Gasteiger charge is 2.32. The number of likely N-dealkylation sites (tertiary alicyclic amines) is 1. The Labute approximate surface area is 136 Å². The maximum atomic E-state index is 12.4. The molecule has 2 fully saturated rings. The zero-order valence-corrected chi connectivity index (χ0v) is 13.2. The molecule has 122 valence electrons. The molecular weight excluding hydrogens is 292 g/mol. The first-order valence-corrected chi connectivity index (χ1v) is 8.35. The number of piperidine rings is 1. The predicted molar refractivity (Wildman–Crippen MR) is 88.8 cm³/mol. The molecule has 5 nitrogen and oxygen atoms in total. The Balaban J connectivity index is 1.66. The third-order valence-corrected chi connectivity index (χ3v) is 5.14. The number of hydrogen-bond acceptors (Lipinski definition) is 3. The highest BCUT2D eigenvalue weighted by Crippen LogP contribution is 2.36. The summed E-state index contributed by atoms with van der Waals surface area (Å²) in [6, 6.07) is 6.49. The second-order valence-electron chi connectivity index (χ2n) is 6.53. The van der Waals surface area contributed by atoms with Gasteiger partial charge in [0, 0.05) is 25.2 Å². The van der Waals surface area contributed by atoms with Gasteiger partial charge in [0.1, 0.15) is 0 Å². The molecule has 23 heavy (non-hydrogen) atoms. The minimum atomic E-state index is -0.419. The molecule has 0 bridgehead atoms. The normalized spacial score (nSPS) is 24.4. The van der Waals surface area contributed by atoms with Gasteiger partial charge in [-0.25, -0.2) is 0 Å². The topological polar surface area (TPSA) is 63.4 Å². The molecule has 1 amide bonds. The number of hydrogen-bond donors (Lipinski definition) is 0. The van der Waals surface area contributed by atoms with E-state index in [1.807, 2.05) is 4.90 Å². The lowest BCUT2D eigenvalue weighted by Gasteiger charge is -2.41. The van der Waals surface area contributed by atoms with Crippen molar-refractivity contribution in [2.24, 2.45) is 11.8 Å². The highest BCUT2D eigenvalue weighted by molar-refractivity contribution is 5.92. The van der Waals surface area contributed by atoms with E-state index in [1.165, 1.54) is 37.8 Å². The van der Waals surface area contributed by atoms with Crippen LogP contribution in [-0.2, 0) is 4.79 Å². The molecule has 1 heterocycles. The molecule has 2 aliphatic rings. The van der Waals surface area contributed by atoms with Crippen molar-refractivity contribution in [2.45, 2.75) is 32.1 Å². The molecule has 0 unspecified atom stereocenters. The van der Waals surface area contributed by atoms with Crippen LogP contribution in [0.4, 0.5) is 5.69 Å². The Morgan fingerprint density at radius 3 is 2.70 bits per heavy atom. The first kappa shape index (κ1) is 15.7. The standard InChI is InChI=1S/C18H22N2O3/c21-18(10-9-15-6-3-4-8-17(15)20(22)23)19-12-11-14-5-1-2-7-16(14)13-19/h3-4,6,8-10,14,16H,1-2,5,7,11-13H2/b10-9+/t14-,16+/m0/s1. The highest BCUT2D eigenvalue weighted by atomic mass is 16.6. The van der Waals surface area contributed by atoms with E-state index >= 15 is 0 Å². The molecule has 3 rings (SSSR count). The molecule has 1 aromatic carbocycles. The molecule has 1 aromatic rings. The van der Waals surface area contributed by atoms with E-state index in [2.05, 4.69) is 0 Å². The summed E-state index contributed by atoms with van der Waals surface area (Å²) in [5, 5.41) is 11.0. The number of nitrogens with zero attached hydrogens (tertiary/aromatic N) is 2. The van der Waals surface area contributed by atoms with Crippen molar-refractivity contribution < 1.29 is 9.72 Å². The Kier molecular flexibility index (Phi) is 4.74. The van der Waals surface area contributed by atoms with Crippen LogP contribution in [0, 0.1) is 22.0 Å². The van der Waals surface area contributed by atoms with Gasteiger partial charge in [-0.1, -0.05) is 31.4 Å². The number of nitro groups is 1.